The number of hydrogen-bond donors (Lipinski definition) is 2. The van der Waals surface area contributed by atoms with Gasteiger partial charge in [0, 0.05) is 18.8 Å². The Hall–Kier alpha value is -1.07. The molecule has 0 aliphatic heterocycles. The Morgan fingerprint density at radius 1 is 1.39 bits per heavy atom. The molecule has 0 saturated heterocycles. The number of amides is 1. The Morgan fingerprint density at radius 3 is 2.44 bits per heavy atom. The first-order chi connectivity index (χ1) is 7.88. The lowest BCUT2D eigenvalue weighted by Crippen LogP contribution is -2.31. The van der Waals surface area contributed by atoms with E-state index in [2.05, 4.69) is 36.5 Å². The molecular weight excluding hydrogens is 252 g/mol. The minimum Gasteiger partial charge on any atom is -0.351 e. The van der Waals surface area contributed by atoms with E-state index in [9.17, 15) is 4.79 Å². The molecule has 1 aromatic rings. The standard InChI is InChI=1S/C12H22N4O.ClH/c1-9-10(11(17)14-7-6-13-5)8-15-16(9)12(2,3)4;/h8,13H,6-7H2,1-5H3,(H,14,17);1H. The quantitative estimate of drug-likeness (QED) is 0.814. The molecule has 0 radical (unpaired) electrons. The smallest absolute Gasteiger partial charge is 0.254 e. The molecule has 2 N–H and O–H groups in total. The zero-order chi connectivity index (χ0) is 13.1. The molecule has 5 nitrogen and oxygen atoms in total. The van der Waals surface area contributed by atoms with E-state index >= 15 is 0 Å². The normalized spacial score (nSPS) is 10.9. The Balaban J connectivity index is 0.00000289. The maximum Gasteiger partial charge on any atom is 0.254 e. The van der Waals surface area contributed by atoms with Gasteiger partial charge in [0.25, 0.3) is 5.91 Å². The summed E-state index contributed by atoms with van der Waals surface area (Å²) >= 11 is 0. The highest BCUT2D eigenvalue weighted by molar-refractivity contribution is 5.95. The first-order valence-corrected chi connectivity index (χ1v) is 5.86. The van der Waals surface area contributed by atoms with Crippen LogP contribution in [0.5, 0.6) is 0 Å². The molecule has 0 aromatic carbocycles. The van der Waals surface area contributed by atoms with Gasteiger partial charge in [-0.2, -0.15) is 5.10 Å². The largest absolute Gasteiger partial charge is 0.351 e. The van der Waals surface area contributed by atoms with Crippen molar-refractivity contribution in [2.24, 2.45) is 0 Å². The third-order valence-corrected chi connectivity index (χ3v) is 2.55. The Morgan fingerprint density at radius 2 is 2.00 bits per heavy atom. The van der Waals surface area contributed by atoms with Gasteiger partial charge in [-0.1, -0.05) is 0 Å². The Kier molecular flexibility index (Phi) is 6.35. The highest BCUT2D eigenvalue weighted by atomic mass is 35.5. The molecule has 0 aliphatic rings. The molecule has 0 fully saturated rings. The summed E-state index contributed by atoms with van der Waals surface area (Å²) < 4.78 is 1.87. The predicted octanol–water partition coefficient (Wildman–Crippen LogP) is 1.32. The summed E-state index contributed by atoms with van der Waals surface area (Å²) in [5.41, 5.74) is 1.45. The van der Waals surface area contributed by atoms with Gasteiger partial charge in [0.2, 0.25) is 0 Å². The Bertz CT molecular complexity index is 395. The molecular formula is C12H23ClN4O. The molecule has 0 atom stereocenters. The first kappa shape index (κ1) is 16.9. The average molecular weight is 275 g/mol. The van der Waals surface area contributed by atoms with Gasteiger partial charge in [-0.3, -0.25) is 9.48 Å². The van der Waals surface area contributed by atoms with E-state index in [0.29, 0.717) is 12.1 Å². The summed E-state index contributed by atoms with van der Waals surface area (Å²) in [7, 11) is 1.86. The van der Waals surface area contributed by atoms with Crippen LogP contribution in [0.15, 0.2) is 6.20 Å². The molecule has 0 spiro atoms. The minimum atomic E-state index is -0.104. The van der Waals surface area contributed by atoms with Crippen molar-refractivity contribution in [3.8, 4) is 0 Å². The van der Waals surface area contributed by atoms with E-state index in [4.69, 9.17) is 0 Å². The second-order valence-electron chi connectivity index (χ2n) is 5.09. The minimum absolute atomic E-state index is 0. The number of halogens is 1. The van der Waals surface area contributed by atoms with Crippen LogP contribution < -0.4 is 10.6 Å². The summed E-state index contributed by atoms with van der Waals surface area (Å²) in [6, 6.07) is 0. The van der Waals surface area contributed by atoms with E-state index < -0.39 is 0 Å². The summed E-state index contributed by atoms with van der Waals surface area (Å²) in [6.45, 7) is 9.50. The van der Waals surface area contributed by atoms with Crippen molar-refractivity contribution >= 4 is 18.3 Å². The molecule has 1 heterocycles. The molecule has 0 saturated carbocycles. The molecule has 0 unspecified atom stereocenters. The number of likely N-dealkylation sites (N-methyl/N-ethyl adjacent to an activating group) is 1. The summed E-state index contributed by atoms with van der Waals surface area (Å²) in [5.74, 6) is -0.0618. The maximum absolute atomic E-state index is 11.9. The number of nitrogens with zero attached hydrogens (tertiary/aromatic N) is 2. The molecule has 1 amide bonds. The van der Waals surface area contributed by atoms with Crippen LogP contribution in [-0.2, 0) is 5.54 Å². The molecule has 6 heteroatoms. The van der Waals surface area contributed by atoms with Crippen LogP contribution in [0.3, 0.4) is 0 Å². The lowest BCUT2D eigenvalue weighted by atomic mass is 10.1. The van der Waals surface area contributed by atoms with E-state index in [1.54, 1.807) is 6.20 Å². The van der Waals surface area contributed by atoms with Crippen molar-refractivity contribution in [1.82, 2.24) is 20.4 Å². The topological polar surface area (TPSA) is 58.9 Å². The van der Waals surface area contributed by atoms with Gasteiger partial charge in [-0.25, -0.2) is 0 Å². The van der Waals surface area contributed by atoms with Gasteiger partial charge in [-0.05, 0) is 34.7 Å². The average Bonchev–Trinajstić information content (AvgIpc) is 2.59. The molecule has 18 heavy (non-hydrogen) atoms. The van der Waals surface area contributed by atoms with Crippen molar-refractivity contribution in [3.05, 3.63) is 17.5 Å². The SMILES string of the molecule is CNCCNC(=O)c1cnn(C(C)(C)C)c1C.Cl. The van der Waals surface area contributed by atoms with Crippen LogP contribution in [0.4, 0.5) is 0 Å². The molecule has 104 valence electrons. The van der Waals surface area contributed by atoms with Crippen LogP contribution in [0.1, 0.15) is 36.8 Å². The number of carbonyl (C=O) groups excluding carboxylic acids is 1. The fourth-order valence-corrected chi connectivity index (χ4v) is 1.71. The number of carbonyl (C=O) groups is 1. The van der Waals surface area contributed by atoms with E-state index in [0.717, 1.165) is 12.2 Å². The second-order valence-corrected chi connectivity index (χ2v) is 5.09. The highest BCUT2D eigenvalue weighted by Gasteiger charge is 2.21. The van der Waals surface area contributed by atoms with Crippen LogP contribution in [0, 0.1) is 6.92 Å². The zero-order valence-electron chi connectivity index (χ0n) is 11.7. The van der Waals surface area contributed by atoms with E-state index in [1.165, 1.54) is 0 Å². The van der Waals surface area contributed by atoms with E-state index in [1.807, 2.05) is 18.7 Å². The third kappa shape index (κ3) is 3.99. The lowest BCUT2D eigenvalue weighted by Gasteiger charge is -2.21. The van der Waals surface area contributed by atoms with E-state index in [-0.39, 0.29) is 23.9 Å². The van der Waals surface area contributed by atoms with Crippen LogP contribution in [0.25, 0.3) is 0 Å². The maximum atomic E-state index is 11.9. The zero-order valence-corrected chi connectivity index (χ0v) is 12.5. The molecule has 0 aliphatic carbocycles. The highest BCUT2D eigenvalue weighted by Crippen LogP contribution is 2.17. The van der Waals surface area contributed by atoms with Gasteiger partial charge >= 0.3 is 0 Å². The van der Waals surface area contributed by atoms with Crippen LogP contribution >= 0.6 is 12.4 Å². The number of aromatic nitrogens is 2. The van der Waals surface area contributed by atoms with Gasteiger partial charge in [0.05, 0.1) is 17.3 Å². The van der Waals surface area contributed by atoms with Gasteiger partial charge < -0.3 is 10.6 Å². The molecule has 1 rings (SSSR count). The van der Waals surface area contributed by atoms with Crippen LogP contribution in [0.2, 0.25) is 0 Å². The fourth-order valence-electron chi connectivity index (χ4n) is 1.71. The van der Waals surface area contributed by atoms with Crippen molar-refractivity contribution < 1.29 is 4.79 Å². The number of rotatable bonds is 4. The Labute approximate surface area is 115 Å². The van der Waals surface area contributed by atoms with Crippen molar-refractivity contribution in [3.63, 3.8) is 0 Å². The summed E-state index contributed by atoms with van der Waals surface area (Å²) in [4.78, 5) is 11.9. The fraction of sp³-hybridized carbons (Fsp3) is 0.667. The molecule has 1 aromatic heterocycles. The molecule has 0 bridgehead atoms. The second kappa shape index (κ2) is 6.75. The monoisotopic (exact) mass is 274 g/mol. The lowest BCUT2D eigenvalue weighted by molar-refractivity contribution is 0.0953. The van der Waals surface area contributed by atoms with Crippen molar-refractivity contribution in [1.29, 1.82) is 0 Å². The van der Waals surface area contributed by atoms with Crippen molar-refractivity contribution in [2.75, 3.05) is 20.1 Å². The number of nitrogens with one attached hydrogen (secondary N) is 2. The van der Waals surface area contributed by atoms with Gasteiger partial charge in [-0.15, -0.1) is 12.4 Å². The first-order valence-electron chi connectivity index (χ1n) is 5.86. The summed E-state index contributed by atoms with van der Waals surface area (Å²) in [5, 5.41) is 10.1. The number of hydrogen-bond acceptors (Lipinski definition) is 3. The predicted molar refractivity (Wildman–Crippen MR) is 75.5 cm³/mol. The van der Waals surface area contributed by atoms with Crippen LogP contribution in [-0.4, -0.2) is 35.8 Å². The van der Waals surface area contributed by atoms with Crippen molar-refractivity contribution in [2.45, 2.75) is 33.2 Å². The third-order valence-electron chi connectivity index (χ3n) is 2.55. The van der Waals surface area contributed by atoms with Gasteiger partial charge in [0.15, 0.2) is 0 Å². The summed E-state index contributed by atoms with van der Waals surface area (Å²) in [6.07, 6.45) is 1.63. The van der Waals surface area contributed by atoms with Gasteiger partial charge in [0.1, 0.15) is 0 Å².